The first-order chi connectivity index (χ1) is 6.22. The Kier molecular flexibility index (Phi) is 2.93. The Hall–Kier alpha value is 0.360. The van der Waals surface area contributed by atoms with Gasteiger partial charge in [0.05, 0.1) is 6.61 Å². The van der Waals surface area contributed by atoms with Crippen LogP contribution in [0.3, 0.4) is 0 Å². The van der Waals surface area contributed by atoms with Gasteiger partial charge in [-0.15, -0.1) is 34.9 Å². The van der Waals surface area contributed by atoms with Gasteiger partial charge in [0.15, 0.2) is 0 Å². The lowest BCUT2D eigenvalue weighted by Gasteiger charge is -2.20. The molecule has 0 amide bonds. The van der Waals surface area contributed by atoms with Crippen LogP contribution in [-0.2, 0) is 0 Å². The molecule has 0 bridgehead atoms. The number of hydrogen-bond acceptors (Lipinski definition) is 4. The first kappa shape index (κ1) is 9.90. The van der Waals surface area contributed by atoms with E-state index in [4.69, 9.17) is 5.11 Å². The molecular weight excluding hydrogens is 220 g/mol. The number of aliphatic hydroxyl groups is 1. The second-order valence-electron chi connectivity index (χ2n) is 3.11. The van der Waals surface area contributed by atoms with Crippen LogP contribution in [0.5, 0.6) is 0 Å². The van der Waals surface area contributed by atoms with Gasteiger partial charge in [0.2, 0.25) is 0 Å². The molecule has 4 heteroatoms. The van der Waals surface area contributed by atoms with E-state index in [0.29, 0.717) is 11.9 Å². The number of hydrogen-bond donors (Lipinski definition) is 1. The molecule has 13 heavy (non-hydrogen) atoms. The number of aryl methyl sites for hydroxylation is 2. The van der Waals surface area contributed by atoms with E-state index >= 15 is 0 Å². The summed E-state index contributed by atoms with van der Waals surface area (Å²) in [5.74, 6) is 1.05. The minimum absolute atomic E-state index is 0.297. The van der Waals surface area contributed by atoms with Crippen molar-refractivity contribution in [1.29, 1.82) is 0 Å². The Bertz CT molecular complexity index is 319. The molecule has 0 radical (unpaired) electrons. The van der Waals surface area contributed by atoms with Gasteiger partial charge in [0.1, 0.15) is 0 Å². The minimum atomic E-state index is 0.297. The van der Waals surface area contributed by atoms with E-state index in [9.17, 15) is 0 Å². The number of rotatable bonds is 1. The molecule has 1 N–H and O–H groups in total. The Morgan fingerprint density at radius 1 is 1.31 bits per heavy atom. The van der Waals surface area contributed by atoms with Crippen LogP contribution < -0.4 is 0 Å². The average molecular weight is 232 g/mol. The van der Waals surface area contributed by atoms with Crippen molar-refractivity contribution in [3.63, 3.8) is 0 Å². The van der Waals surface area contributed by atoms with Crippen molar-refractivity contribution in [3.8, 4) is 0 Å². The summed E-state index contributed by atoms with van der Waals surface area (Å²) in [5.41, 5.74) is 0. The molecular formula is C9H12OS3. The first-order valence-electron chi connectivity index (χ1n) is 4.22. The highest BCUT2D eigenvalue weighted by molar-refractivity contribution is 8.06. The topological polar surface area (TPSA) is 20.2 Å². The summed E-state index contributed by atoms with van der Waals surface area (Å²) in [5, 5.41) is 9.48. The molecule has 1 nitrogen and oxygen atoms in total. The van der Waals surface area contributed by atoms with Gasteiger partial charge in [-0.3, -0.25) is 0 Å². The summed E-state index contributed by atoms with van der Waals surface area (Å²) in [6.45, 7) is 4.65. The van der Waals surface area contributed by atoms with Crippen LogP contribution >= 0.6 is 34.9 Å². The molecule has 0 saturated heterocycles. The molecule has 2 heterocycles. The van der Waals surface area contributed by atoms with Crippen LogP contribution in [0.2, 0.25) is 0 Å². The van der Waals surface area contributed by atoms with Gasteiger partial charge >= 0.3 is 0 Å². The fraction of sp³-hybridized carbons (Fsp3) is 0.556. The highest BCUT2D eigenvalue weighted by Crippen LogP contribution is 2.47. The molecule has 1 aromatic heterocycles. The molecule has 72 valence electrons. The van der Waals surface area contributed by atoms with Crippen molar-refractivity contribution >= 4 is 34.9 Å². The standard InChI is InChI=1S/C9H12OS3/c1-5-8-9(6(2)12-5)13-7(3-10)4-11-8/h7,10H,3-4H2,1-2H3. The molecule has 0 aromatic carbocycles. The number of thioether (sulfide) groups is 2. The lowest BCUT2D eigenvalue weighted by Crippen LogP contribution is -2.14. The Labute approximate surface area is 90.9 Å². The minimum Gasteiger partial charge on any atom is -0.395 e. The molecule has 0 spiro atoms. The second kappa shape index (κ2) is 3.85. The van der Waals surface area contributed by atoms with E-state index in [2.05, 4.69) is 13.8 Å². The SMILES string of the molecule is Cc1sc(C)c2c1SCC(CO)S2. The lowest BCUT2D eigenvalue weighted by molar-refractivity contribution is 0.301. The molecule has 1 aromatic rings. The normalized spacial score (nSPS) is 21.6. The molecule has 1 atom stereocenters. The number of fused-ring (bicyclic) bond motifs is 1. The van der Waals surface area contributed by atoms with E-state index < -0.39 is 0 Å². The van der Waals surface area contributed by atoms with Gasteiger partial charge in [-0.1, -0.05) is 0 Å². The van der Waals surface area contributed by atoms with Crippen LogP contribution in [0.15, 0.2) is 9.79 Å². The fourth-order valence-corrected chi connectivity index (χ4v) is 5.54. The summed E-state index contributed by atoms with van der Waals surface area (Å²) >= 11 is 5.62. The maximum absolute atomic E-state index is 9.08. The molecule has 0 saturated carbocycles. The summed E-state index contributed by atoms with van der Waals surface area (Å²) < 4.78 is 0. The maximum atomic E-state index is 9.08. The average Bonchev–Trinajstić information content (AvgIpc) is 2.42. The Balaban J connectivity index is 2.33. The van der Waals surface area contributed by atoms with Crippen LogP contribution in [0.1, 0.15) is 9.75 Å². The zero-order chi connectivity index (χ0) is 9.42. The second-order valence-corrected chi connectivity index (χ2v) is 6.88. The van der Waals surface area contributed by atoms with Crippen molar-refractivity contribution in [1.82, 2.24) is 0 Å². The maximum Gasteiger partial charge on any atom is 0.0561 e. The smallest absolute Gasteiger partial charge is 0.0561 e. The summed E-state index contributed by atoms with van der Waals surface area (Å²) in [6, 6.07) is 0. The molecule has 1 aliphatic heterocycles. The molecule has 0 aliphatic carbocycles. The predicted molar refractivity (Wildman–Crippen MR) is 61.2 cm³/mol. The van der Waals surface area contributed by atoms with E-state index in [-0.39, 0.29) is 0 Å². The largest absolute Gasteiger partial charge is 0.395 e. The molecule has 2 rings (SSSR count). The van der Waals surface area contributed by atoms with E-state index in [1.807, 2.05) is 34.9 Å². The van der Waals surface area contributed by atoms with Crippen molar-refractivity contribution < 1.29 is 5.11 Å². The third-order valence-corrected chi connectivity index (χ3v) is 6.44. The fourth-order valence-electron chi connectivity index (χ4n) is 1.41. The van der Waals surface area contributed by atoms with Gasteiger partial charge in [-0.2, -0.15) is 0 Å². The quantitative estimate of drug-likeness (QED) is 0.804. The summed E-state index contributed by atoms with van der Waals surface area (Å²) in [6.07, 6.45) is 0. The monoisotopic (exact) mass is 232 g/mol. The Morgan fingerprint density at radius 2 is 2.00 bits per heavy atom. The van der Waals surface area contributed by atoms with Gasteiger partial charge in [-0.05, 0) is 13.8 Å². The van der Waals surface area contributed by atoms with E-state index in [0.717, 1.165) is 5.75 Å². The number of thiophene rings is 1. The number of aliphatic hydroxyl groups excluding tert-OH is 1. The molecule has 1 aliphatic rings. The van der Waals surface area contributed by atoms with Crippen molar-refractivity contribution in [2.45, 2.75) is 28.9 Å². The van der Waals surface area contributed by atoms with Crippen LogP contribution in [0.25, 0.3) is 0 Å². The molecule has 0 fully saturated rings. The highest BCUT2D eigenvalue weighted by atomic mass is 32.2. The summed E-state index contributed by atoms with van der Waals surface area (Å²) in [4.78, 5) is 5.71. The van der Waals surface area contributed by atoms with Gasteiger partial charge in [0, 0.05) is 30.5 Å². The zero-order valence-electron chi connectivity index (χ0n) is 7.66. The lowest BCUT2D eigenvalue weighted by atomic mass is 10.4. The predicted octanol–water partition coefficient (Wildman–Crippen LogP) is 2.92. The van der Waals surface area contributed by atoms with Crippen LogP contribution in [0.4, 0.5) is 0 Å². The van der Waals surface area contributed by atoms with Crippen LogP contribution in [0, 0.1) is 13.8 Å². The van der Waals surface area contributed by atoms with Gasteiger partial charge in [-0.25, -0.2) is 0 Å². The van der Waals surface area contributed by atoms with E-state index in [1.165, 1.54) is 19.5 Å². The third-order valence-electron chi connectivity index (χ3n) is 2.05. The molecule has 1 unspecified atom stereocenters. The zero-order valence-corrected chi connectivity index (χ0v) is 10.1. The van der Waals surface area contributed by atoms with Crippen molar-refractivity contribution in [2.75, 3.05) is 12.4 Å². The van der Waals surface area contributed by atoms with Gasteiger partial charge < -0.3 is 5.11 Å². The van der Waals surface area contributed by atoms with Crippen molar-refractivity contribution in [2.24, 2.45) is 0 Å². The Morgan fingerprint density at radius 3 is 2.69 bits per heavy atom. The first-order valence-corrected chi connectivity index (χ1v) is 6.91. The van der Waals surface area contributed by atoms with Crippen LogP contribution in [-0.4, -0.2) is 22.7 Å². The van der Waals surface area contributed by atoms with E-state index in [1.54, 1.807) is 0 Å². The highest BCUT2D eigenvalue weighted by Gasteiger charge is 2.23. The summed E-state index contributed by atoms with van der Waals surface area (Å²) in [7, 11) is 0. The van der Waals surface area contributed by atoms with Gasteiger partial charge in [0.25, 0.3) is 0 Å². The van der Waals surface area contributed by atoms with Crippen molar-refractivity contribution in [3.05, 3.63) is 9.75 Å². The third kappa shape index (κ3) is 1.77.